The summed E-state index contributed by atoms with van der Waals surface area (Å²) in [6.07, 6.45) is 2.31. The van der Waals surface area contributed by atoms with E-state index < -0.39 is 0 Å². The predicted octanol–water partition coefficient (Wildman–Crippen LogP) is 4.16. The van der Waals surface area contributed by atoms with Crippen molar-refractivity contribution in [3.8, 4) is 5.75 Å². The lowest BCUT2D eigenvalue weighted by Gasteiger charge is -2.07. The highest BCUT2D eigenvalue weighted by Crippen LogP contribution is 2.17. The van der Waals surface area contributed by atoms with Crippen molar-refractivity contribution in [3.63, 3.8) is 0 Å². The van der Waals surface area contributed by atoms with Crippen molar-refractivity contribution in [1.82, 2.24) is 0 Å². The summed E-state index contributed by atoms with van der Waals surface area (Å²) in [5.74, 6) is 1.61. The van der Waals surface area contributed by atoms with Gasteiger partial charge in [0.25, 0.3) is 0 Å². The maximum Gasteiger partial charge on any atom is 0.120 e. The van der Waals surface area contributed by atoms with Crippen LogP contribution in [0.3, 0.4) is 0 Å². The van der Waals surface area contributed by atoms with Gasteiger partial charge in [0.1, 0.15) is 5.75 Å². The Morgan fingerprint density at radius 3 is 2.79 bits per heavy atom. The van der Waals surface area contributed by atoms with Gasteiger partial charge in [-0.15, -0.1) is 0 Å². The number of ether oxygens (including phenoxy) is 1. The summed E-state index contributed by atoms with van der Waals surface area (Å²) in [6, 6.07) is 7.53. The highest BCUT2D eigenvalue weighted by atomic mass is 35.5. The van der Waals surface area contributed by atoms with Crippen molar-refractivity contribution >= 4 is 11.6 Å². The topological polar surface area (TPSA) is 9.23 Å². The van der Waals surface area contributed by atoms with Gasteiger partial charge in [0.2, 0.25) is 0 Å². The summed E-state index contributed by atoms with van der Waals surface area (Å²) in [4.78, 5) is 0. The van der Waals surface area contributed by atoms with E-state index in [0.29, 0.717) is 0 Å². The Balaban J connectivity index is 2.25. The van der Waals surface area contributed by atoms with Crippen LogP contribution in [0.2, 0.25) is 5.02 Å². The van der Waals surface area contributed by atoms with E-state index in [1.165, 1.54) is 6.42 Å². The number of benzene rings is 1. The van der Waals surface area contributed by atoms with E-state index in [4.69, 9.17) is 16.3 Å². The van der Waals surface area contributed by atoms with E-state index in [9.17, 15) is 0 Å². The van der Waals surface area contributed by atoms with Crippen molar-refractivity contribution in [2.45, 2.75) is 26.7 Å². The fourth-order valence-corrected chi connectivity index (χ4v) is 1.42. The normalized spacial score (nSPS) is 10.6. The first-order chi connectivity index (χ1) is 6.68. The minimum Gasteiger partial charge on any atom is -0.494 e. The first kappa shape index (κ1) is 11.4. The van der Waals surface area contributed by atoms with Crippen molar-refractivity contribution < 1.29 is 4.74 Å². The summed E-state index contributed by atoms with van der Waals surface area (Å²) in [6.45, 7) is 5.22. The number of halogens is 1. The van der Waals surface area contributed by atoms with Gasteiger partial charge in [0, 0.05) is 5.02 Å². The molecule has 14 heavy (non-hydrogen) atoms. The van der Waals surface area contributed by atoms with Crippen molar-refractivity contribution in [2.75, 3.05) is 6.61 Å². The van der Waals surface area contributed by atoms with E-state index in [2.05, 4.69) is 13.8 Å². The molecular weight excluding hydrogens is 196 g/mol. The van der Waals surface area contributed by atoms with Crippen LogP contribution in [-0.2, 0) is 0 Å². The van der Waals surface area contributed by atoms with Crippen LogP contribution in [0, 0.1) is 5.92 Å². The van der Waals surface area contributed by atoms with Gasteiger partial charge in [0.05, 0.1) is 6.61 Å². The molecule has 0 aliphatic rings. The second-order valence-electron chi connectivity index (χ2n) is 3.84. The first-order valence-corrected chi connectivity index (χ1v) is 5.44. The largest absolute Gasteiger partial charge is 0.494 e. The van der Waals surface area contributed by atoms with Gasteiger partial charge in [0.15, 0.2) is 0 Å². The molecule has 1 rings (SSSR count). The minimum absolute atomic E-state index is 0.728. The SMILES string of the molecule is CC(C)CCCOc1cccc(Cl)c1. The lowest BCUT2D eigenvalue weighted by atomic mass is 10.1. The summed E-state index contributed by atoms with van der Waals surface area (Å²) in [5, 5.41) is 0.728. The quantitative estimate of drug-likeness (QED) is 0.667. The zero-order chi connectivity index (χ0) is 10.4. The monoisotopic (exact) mass is 212 g/mol. The van der Waals surface area contributed by atoms with E-state index in [0.717, 1.165) is 29.7 Å². The number of hydrogen-bond donors (Lipinski definition) is 0. The third-order valence-electron chi connectivity index (χ3n) is 1.99. The molecule has 0 N–H and O–H groups in total. The van der Waals surface area contributed by atoms with Gasteiger partial charge in [-0.1, -0.05) is 31.5 Å². The van der Waals surface area contributed by atoms with Crippen LogP contribution in [0.1, 0.15) is 26.7 Å². The molecule has 0 saturated heterocycles. The second kappa shape index (κ2) is 5.92. The molecule has 0 fully saturated rings. The second-order valence-corrected chi connectivity index (χ2v) is 4.28. The van der Waals surface area contributed by atoms with Crippen molar-refractivity contribution in [2.24, 2.45) is 5.92 Å². The highest BCUT2D eigenvalue weighted by molar-refractivity contribution is 6.30. The van der Waals surface area contributed by atoms with Gasteiger partial charge >= 0.3 is 0 Å². The maximum absolute atomic E-state index is 5.83. The van der Waals surface area contributed by atoms with Crippen molar-refractivity contribution in [3.05, 3.63) is 29.3 Å². The molecule has 0 amide bonds. The maximum atomic E-state index is 5.83. The predicted molar refractivity (Wildman–Crippen MR) is 61.0 cm³/mol. The Kier molecular flexibility index (Phi) is 4.81. The molecule has 0 saturated carbocycles. The zero-order valence-corrected chi connectivity index (χ0v) is 9.55. The van der Waals surface area contributed by atoms with Crippen LogP contribution in [0.5, 0.6) is 5.75 Å². The molecule has 0 spiro atoms. The van der Waals surface area contributed by atoms with Gasteiger partial charge in [-0.2, -0.15) is 0 Å². The van der Waals surface area contributed by atoms with Crippen LogP contribution < -0.4 is 4.74 Å². The average molecular weight is 213 g/mol. The van der Waals surface area contributed by atoms with Crippen LogP contribution in [0.25, 0.3) is 0 Å². The summed E-state index contributed by atoms with van der Waals surface area (Å²) < 4.78 is 5.55. The molecule has 1 nitrogen and oxygen atoms in total. The molecule has 0 heterocycles. The Morgan fingerprint density at radius 1 is 1.36 bits per heavy atom. The lowest BCUT2D eigenvalue weighted by molar-refractivity contribution is 0.298. The number of hydrogen-bond acceptors (Lipinski definition) is 1. The third-order valence-corrected chi connectivity index (χ3v) is 2.23. The van der Waals surface area contributed by atoms with Crippen LogP contribution >= 0.6 is 11.6 Å². The number of rotatable bonds is 5. The molecule has 0 bridgehead atoms. The molecule has 0 radical (unpaired) electrons. The summed E-state index contributed by atoms with van der Waals surface area (Å²) in [7, 11) is 0. The molecule has 1 aromatic rings. The highest BCUT2D eigenvalue weighted by Gasteiger charge is 1.96. The lowest BCUT2D eigenvalue weighted by Crippen LogP contribution is -1.99. The minimum atomic E-state index is 0.728. The molecule has 0 aliphatic heterocycles. The van der Waals surface area contributed by atoms with Crippen LogP contribution in [0.15, 0.2) is 24.3 Å². The molecule has 78 valence electrons. The Bertz CT molecular complexity index is 271. The molecule has 0 atom stereocenters. The molecule has 0 aromatic heterocycles. The smallest absolute Gasteiger partial charge is 0.120 e. The van der Waals surface area contributed by atoms with Crippen molar-refractivity contribution in [1.29, 1.82) is 0 Å². The first-order valence-electron chi connectivity index (χ1n) is 5.07. The summed E-state index contributed by atoms with van der Waals surface area (Å²) >= 11 is 5.83. The molecular formula is C12H17ClO. The standard InChI is InChI=1S/C12H17ClO/c1-10(2)5-4-8-14-12-7-3-6-11(13)9-12/h3,6-7,9-10H,4-5,8H2,1-2H3. The molecule has 1 aromatic carbocycles. The van der Waals surface area contributed by atoms with E-state index in [-0.39, 0.29) is 0 Å². The van der Waals surface area contributed by atoms with E-state index >= 15 is 0 Å². The average Bonchev–Trinajstić information content (AvgIpc) is 2.12. The van der Waals surface area contributed by atoms with E-state index in [1.54, 1.807) is 0 Å². The third kappa shape index (κ3) is 4.52. The van der Waals surface area contributed by atoms with Crippen LogP contribution in [-0.4, -0.2) is 6.61 Å². The van der Waals surface area contributed by atoms with Gasteiger partial charge < -0.3 is 4.74 Å². The zero-order valence-electron chi connectivity index (χ0n) is 8.79. The fraction of sp³-hybridized carbons (Fsp3) is 0.500. The molecule has 0 unspecified atom stereocenters. The summed E-state index contributed by atoms with van der Waals surface area (Å²) in [5.41, 5.74) is 0. The van der Waals surface area contributed by atoms with Gasteiger partial charge in [-0.3, -0.25) is 0 Å². The van der Waals surface area contributed by atoms with Gasteiger partial charge in [-0.25, -0.2) is 0 Å². The van der Waals surface area contributed by atoms with E-state index in [1.807, 2.05) is 24.3 Å². The fourth-order valence-electron chi connectivity index (χ4n) is 1.24. The Hall–Kier alpha value is -0.690. The van der Waals surface area contributed by atoms with Crippen LogP contribution in [0.4, 0.5) is 0 Å². The Labute approximate surface area is 91.0 Å². The molecule has 2 heteroatoms. The molecule has 0 aliphatic carbocycles. The Morgan fingerprint density at radius 2 is 2.14 bits per heavy atom. The van der Waals surface area contributed by atoms with Gasteiger partial charge in [-0.05, 0) is 37.0 Å².